The molecule has 94 valence electrons. The van der Waals surface area contributed by atoms with Gasteiger partial charge < -0.3 is 10.7 Å². The van der Waals surface area contributed by atoms with Crippen molar-refractivity contribution in [3.8, 4) is 0 Å². The van der Waals surface area contributed by atoms with E-state index in [0.29, 0.717) is 17.3 Å². The zero-order valence-corrected chi connectivity index (χ0v) is 10.5. The molecule has 1 aromatic heterocycles. The van der Waals surface area contributed by atoms with Crippen molar-refractivity contribution >= 4 is 11.6 Å². The Morgan fingerprint density at radius 1 is 1.35 bits per heavy atom. The molecule has 0 saturated heterocycles. The van der Waals surface area contributed by atoms with E-state index >= 15 is 0 Å². The van der Waals surface area contributed by atoms with Gasteiger partial charge in [0.15, 0.2) is 0 Å². The van der Waals surface area contributed by atoms with Crippen LogP contribution in [0.1, 0.15) is 39.5 Å². The maximum absolute atomic E-state index is 5.33. The fourth-order valence-corrected chi connectivity index (χ4v) is 2.55. The maximum atomic E-state index is 5.33. The molecule has 0 aromatic carbocycles. The van der Waals surface area contributed by atoms with E-state index < -0.39 is 0 Å². The van der Waals surface area contributed by atoms with Gasteiger partial charge in [-0.25, -0.2) is 15.8 Å². The van der Waals surface area contributed by atoms with Gasteiger partial charge in [0.2, 0.25) is 0 Å². The summed E-state index contributed by atoms with van der Waals surface area (Å²) in [6.45, 7) is 4.65. The average molecular weight is 235 g/mol. The molecule has 0 radical (unpaired) electrons. The lowest BCUT2D eigenvalue weighted by atomic mass is 9.75. The molecule has 5 nitrogen and oxygen atoms in total. The van der Waals surface area contributed by atoms with Crippen LogP contribution in [0.25, 0.3) is 0 Å². The zero-order valence-electron chi connectivity index (χ0n) is 10.5. The Bertz CT molecular complexity index is 377. The minimum Gasteiger partial charge on any atom is -0.367 e. The van der Waals surface area contributed by atoms with E-state index in [4.69, 9.17) is 5.84 Å². The summed E-state index contributed by atoms with van der Waals surface area (Å²) in [4.78, 5) is 8.20. The SMILES string of the molecule is CC1(C)CCCC(Nc2cc(NN)ncn2)C1. The van der Waals surface area contributed by atoms with Crippen molar-refractivity contribution in [1.82, 2.24) is 9.97 Å². The monoisotopic (exact) mass is 235 g/mol. The summed E-state index contributed by atoms with van der Waals surface area (Å²) in [5.74, 6) is 6.81. The van der Waals surface area contributed by atoms with Crippen molar-refractivity contribution < 1.29 is 0 Å². The average Bonchev–Trinajstić information content (AvgIpc) is 2.28. The highest BCUT2D eigenvalue weighted by atomic mass is 15.3. The molecule has 1 aromatic rings. The zero-order chi connectivity index (χ0) is 12.3. The van der Waals surface area contributed by atoms with Gasteiger partial charge in [0.25, 0.3) is 0 Å². The first-order valence-corrected chi connectivity index (χ1v) is 6.14. The third kappa shape index (κ3) is 3.30. The van der Waals surface area contributed by atoms with E-state index in [2.05, 4.69) is 34.6 Å². The van der Waals surface area contributed by atoms with Gasteiger partial charge in [-0.1, -0.05) is 20.3 Å². The Kier molecular flexibility index (Phi) is 3.47. The maximum Gasteiger partial charge on any atom is 0.145 e. The molecule has 1 heterocycles. The third-order valence-corrected chi connectivity index (χ3v) is 3.37. The van der Waals surface area contributed by atoms with Crippen LogP contribution in [-0.2, 0) is 0 Å². The van der Waals surface area contributed by atoms with Crippen molar-refractivity contribution in [1.29, 1.82) is 0 Å². The Morgan fingerprint density at radius 2 is 2.12 bits per heavy atom. The molecule has 0 amide bonds. The van der Waals surface area contributed by atoms with Crippen molar-refractivity contribution in [2.45, 2.75) is 45.6 Å². The smallest absolute Gasteiger partial charge is 0.145 e. The molecular weight excluding hydrogens is 214 g/mol. The predicted molar refractivity (Wildman–Crippen MR) is 69.5 cm³/mol. The molecule has 5 heteroatoms. The first-order valence-electron chi connectivity index (χ1n) is 6.14. The van der Waals surface area contributed by atoms with E-state index in [1.54, 1.807) is 0 Å². The highest BCUT2D eigenvalue weighted by molar-refractivity contribution is 5.46. The molecule has 17 heavy (non-hydrogen) atoms. The molecule has 1 saturated carbocycles. The van der Waals surface area contributed by atoms with Crippen LogP contribution >= 0.6 is 0 Å². The molecule has 1 aliphatic rings. The minimum atomic E-state index is 0.428. The molecule has 4 N–H and O–H groups in total. The summed E-state index contributed by atoms with van der Waals surface area (Å²) in [6.07, 6.45) is 6.50. The second-order valence-electron chi connectivity index (χ2n) is 5.53. The number of aromatic nitrogens is 2. The van der Waals surface area contributed by atoms with Crippen LogP contribution in [0.2, 0.25) is 0 Å². The summed E-state index contributed by atoms with van der Waals surface area (Å²) in [6, 6.07) is 2.33. The normalized spacial score (nSPS) is 23.1. The largest absolute Gasteiger partial charge is 0.367 e. The molecule has 2 rings (SSSR count). The van der Waals surface area contributed by atoms with E-state index in [1.807, 2.05) is 6.07 Å². The minimum absolute atomic E-state index is 0.428. The summed E-state index contributed by atoms with van der Waals surface area (Å²) in [5.41, 5.74) is 2.96. The standard InChI is InChI=1S/C12H21N5/c1-12(2)5-3-4-9(7-12)16-10-6-11(17-13)15-8-14-10/h6,8-9H,3-5,7,13H2,1-2H3,(H2,14,15,16,17). The topological polar surface area (TPSA) is 75.9 Å². The Morgan fingerprint density at radius 3 is 2.82 bits per heavy atom. The second-order valence-corrected chi connectivity index (χ2v) is 5.53. The van der Waals surface area contributed by atoms with Gasteiger partial charge in [0, 0.05) is 12.1 Å². The number of rotatable bonds is 3. The summed E-state index contributed by atoms with van der Waals surface area (Å²) >= 11 is 0. The second kappa shape index (κ2) is 4.87. The van der Waals surface area contributed by atoms with Crippen molar-refractivity contribution in [2.75, 3.05) is 10.7 Å². The summed E-state index contributed by atoms with van der Waals surface area (Å²) in [5, 5.41) is 3.46. The summed E-state index contributed by atoms with van der Waals surface area (Å²) in [7, 11) is 0. The number of hydrazine groups is 1. The summed E-state index contributed by atoms with van der Waals surface area (Å²) < 4.78 is 0. The van der Waals surface area contributed by atoms with Gasteiger partial charge in [-0.2, -0.15) is 0 Å². The number of anilines is 2. The number of nitrogens with zero attached hydrogens (tertiary/aromatic N) is 2. The van der Waals surface area contributed by atoms with Crippen LogP contribution < -0.4 is 16.6 Å². The van der Waals surface area contributed by atoms with Gasteiger partial charge in [0.05, 0.1) is 0 Å². The van der Waals surface area contributed by atoms with Gasteiger partial charge >= 0.3 is 0 Å². The number of hydrogen-bond acceptors (Lipinski definition) is 5. The first-order chi connectivity index (χ1) is 8.09. The highest BCUT2D eigenvalue weighted by Crippen LogP contribution is 2.36. The molecule has 1 fully saturated rings. The quantitative estimate of drug-likeness (QED) is 0.553. The van der Waals surface area contributed by atoms with Gasteiger partial charge in [-0.05, 0) is 24.7 Å². The Hall–Kier alpha value is -1.36. The van der Waals surface area contributed by atoms with Crippen LogP contribution in [0.4, 0.5) is 11.6 Å². The lowest BCUT2D eigenvalue weighted by Gasteiger charge is -2.35. The van der Waals surface area contributed by atoms with E-state index in [0.717, 1.165) is 5.82 Å². The van der Waals surface area contributed by atoms with Gasteiger partial charge in [0.1, 0.15) is 18.0 Å². The van der Waals surface area contributed by atoms with Crippen LogP contribution in [0, 0.1) is 5.41 Å². The molecule has 0 aliphatic heterocycles. The molecule has 1 unspecified atom stereocenters. The van der Waals surface area contributed by atoms with E-state index in [1.165, 1.54) is 32.0 Å². The Balaban J connectivity index is 2.00. The fourth-order valence-electron chi connectivity index (χ4n) is 2.55. The van der Waals surface area contributed by atoms with Crippen molar-refractivity contribution in [3.05, 3.63) is 12.4 Å². The highest BCUT2D eigenvalue weighted by Gasteiger charge is 2.27. The number of hydrogen-bond donors (Lipinski definition) is 3. The number of nitrogens with one attached hydrogen (secondary N) is 2. The fraction of sp³-hybridized carbons (Fsp3) is 0.667. The molecule has 1 atom stereocenters. The molecule has 0 bridgehead atoms. The van der Waals surface area contributed by atoms with Crippen LogP contribution in [-0.4, -0.2) is 16.0 Å². The molecule has 0 spiro atoms. The Labute approximate surface area is 102 Å². The first kappa shape index (κ1) is 12.1. The number of nitrogen functional groups attached to an aromatic ring is 1. The predicted octanol–water partition coefficient (Wildman–Crippen LogP) is 2.14. The molecule has 1 aliphatic carbocycles. The number of nitrogens with two attached hydrogens (primary N) is 1. The van der Waals surface area contributed by atoms with E-state index in [9.17, 15) is 0 Å². The van der Waals surface area contributed by atoms with Crippen LogP contribution in [0.5, 0.6) is 0 Å². The van der Waals surface area contributed by atoms with Crippen molar-refractivity contribution in [3.63, 3.8) is 0 Å². The van der Waals surface area contributed by atoms with Gasteiger partial charge in [-0.3, -0.25) is 0 Å². The van der Waals surface area contributed by atoms with E-state index in [-0.39, 0.29) is 0 Å². The van der Waals surface area contributed by atoms with Crippen molar-refractivity contribution in [2.24, 2.45) is 11.3 Å². The third-order valence-electron chi connectivity index (χ3n) is 3.37. The lowest BCUT2D eigenvalue weighted by Crippen LogP contribution is -2.32. The molecular formula is C12H21N5. The van der Waals surface area contributed by atoms with Gasteiger partial charge in [-0.15, -0.1) is 0 Å². The van der Waals surface area contributed by atoms with Crippen LogP contribution in [0.3, 0.4) is 0 Å². The lowest BCUT2D eigenvalue weighted by molar-refractivity contribution is 0.229. The van der Waals surface area contributed by atoms with Crippen LogP contribution in [0.15, 0.2) is 12.4 Å².